The lowest BCUT2D eigenvalue weighted by Crippen LogP contribution is -1.47. The normalized spacial score (nSPS) is 7.00. The van der Waals surface area contributed by atoms with Crippen LogP contribution in [0, 0.1) is 0 Å². The Balaban J connectivity index is 0. The average Bonchev–Trinajstić information content (AvgIpc) is 2.24. The van der Waals surface area contributed by atoms with Gasteiger partial charge >= 0.3 is 0 Å². The Morgan fingerprint density at radius 3 is 0.833 bits per heavy atom. The average molecular weight is 284 g/mol. The fourth-order valence-electron chi connectivity index (χ4n) is 0.385. The summed E-state index contributed by atoms with van der Waals surface area (Å²) in [7, 11) is 20.1. The molecule has 0 radical (unpaired) electrons. The van der Waals surface area contributed by atoms with E-state index in [9.17, 15) is 0 Å². The van der Waals surface area contributed by atoms with Gasteiger partial charge in [0, 0.05) is 41.7 Å². The smallest absolute Gasteiger partial charge is 0.0305 e. The van der Waals surface area contributed by atoms with Crippen LogP contribution in [0.15, 0.2) is 36.4 Å². The predicted molar refractivity (Wildman–Crippen MR) is 65.0 cm³/mol. The molecule has 1 rings (SSSR count). The van der Waals surface area contributed by atoms with Crippen molar-refractivity contribution in [2.45, 2.75) is 0 Å². The fourth-order valence-corrected chi connectivity index (χ4v) is 0.385. The second kappa shape index (κ2) is 18.0. The molecule has 0 saturated carbocycles. The molecule has 6 heteroatoms. The standard InChI is InChI=1S/C6H6.Cl2S2.Cl2/c1-2-4-6-5-3-1;1-3-4-2;1-2/h1-6H;;. The third kappa shape index (κ3) is 17.2. The molecule has 0 bridgehead atoms. The quantitative estimate of drug-likeness (QED) is 0.603. The summed E-state index contributed by atoms with van der Waals surface area (Å²) < 4.78 is 0. The second-order valence-electron chi connectivity index (χ2n) is 1.28. The molecule has 0 aliphatic rings. The van der Waals surface area contributed by atoms with Crippen molar-refractivity contribution in [2.24, 2.45) is 0 Å². The Kier molecular flexibility index (Phi) is 23.3. The molecule has 1 aromatic rings. The highest BCUT2D eigenvalue weighted by Gasteiger charge is 1.63. The zero-order valence-electron chi connectivity index (χ0n) is 5.79. The third-order valence-corrected chi connectivity index (χ3v) is 2.60. The maximum Gasteiger partial charge on any atom is 0.0305 e. The van der Waals surface area contributed by atoms with Crippen molar-refractivity contribution in [2.75, 3.05) is 0 Å². The second-order valence-corrected chi connectivity index (χ2v) is 4.56. The molecule has 0 spiro atoms. The van der Waals surface area contributed by atoms with Gasteiger partial charge in [0.25, 0.3) is 0 Å². The van der Waals surface area contributed by atoms with Gasteiger partial charge in [-0.25, -0.2) is 0 Å². The molecule has 0 aliphatic carbocycles. The summed E-state index contributed by atoms with van der Waals surface area (Å²) in [5, 5.41) is 0. The van der Waals surface area contributed by atoms with E-state index in [1.165, 1.54) is 0 Å². The minimum absolute atomic E-state index is 1.01. The van der Waals surface area contributed by atoms with Crippen LogP contribution in [0.1, 0.15) is 0 Å². The molecule has 0 heterocycles. The summed E-state index contributed by atoms with van der Waals surface area (Å²) in [6.45, 7) is 0. The van der Waals surface area contributed by atoms with Crippen molar-refractivity contribution in [1.82, 2.24) is 0 Å². The maximum absolute atomic E-state index is 4.93. The van der Waals surface area contributed by atoms with E-state index in [1.807, 2.05) is 36.4 Å². The molecule has 0 aromatic heterocycles. The summed E-state index contributed by atoms with van der Waals surface area (Å²) in [6.07, 6.45) is 0. The van der Waals surface area contributed by atoms with E-state index >= 15 is 0 Å². The monoisotopic (exact) mass is 282 g/mol. The van der Waals surface area contributed by atoms with Crippen LogP contribution in [0.5, 0.6) is 0 Å². The van der Waals surface area contributed by atoms with Gasteiger partial charge in [0.2, 0.25) is 0 Å². The van der Waals surface area contributed by atoms with E-state index < -0.39 is 0 Å². The van der Waals surface area contributed by atoms with E-state index in [0.29, 0.717) is 0 Å². The van der Waals surface area contributed by atoms with Gasteiger partial charge in [-0.3, -0.25) is 0 Å². The third-order valence-electron chi connectivity index (χ3n) is 0.690. The largest absolute Gasteiger partial charge is 0.0623 e. The highest BCUT2D eigenvalue weighted by Crippen LogP contribution is 2.28. The molecule has 0 fully saturated rings. The molecule has 0 amide bonds. The Hall–Kier alpha value is 1.08. The molecule has 0 nitrogen and oxygen atoms in total. The first-order valence-corrected chi connectivity index (χ1v) is 7.56. The number of hydrogen-bond acceptors (Lipinski definition) is 2. The van der Waals surface area contributed by atoms with Crippen LogP contribution in [0.25, 0.3) is 0 Å². The Bertz CT molecular complexity index is 110. The lowest BCUT2D eigenvalue weighted by Gasteiger charge is -1.69. The molecule has 0 unspecified atom stereocenters. The first-order chi connectivity index (χ1) is 5.91. The zero-order chi connectivity index (χ0) is 9.66. The molecular formula is C6H6Cl4S2. The molecule has 0 atom stereocenters. The van der Waals surface area contributed by atoms with Gasteiger partial charge < -0.3 is 0 Å². The lowest BCUT2D eigenvalue weighted by atomic mass is 10.4. The van der Waals surface area contributed by atoms with Gasteiger partial charge in [-0.2, -0.15) is 0 Å². The summed E-state index contributed by atoms with van der Waals surface area (Å²) >= 11 is 0. The molecular weight excluding hydrogens is 278 g/mol. The first-order valence-electron chi connectivity index (χ1n) is 2.62. The highest BCUT2D eigenvalue weighted by atomic mass is 36.5. The minimum atomic E-state index is 1.01. The van der Waals surface area contributed by atoms with Gasteiger partial charge in [-0.15, -0.1) is 0 Å². The maximum atomic E-state index is 4.93. The molecule has 0 aliphatic heterocycles. The number of rotatable bonds is 1. The topological polar surface area (TPSA) is 0 Å². The van der Waals surface area contributed by atoms with Crippen LogP contribution in [-0.4, -0.2) is 0 Å². The lowest BCUT2D eigenvalue weighted by molar-refractivity contribution is 1.72. The Morgan fingerprint density at radius 2 is 0.750 bits per heavy atom. The van der Waals surface area contributed by atoms with Gasteiger partial charge in [-0.05, 0) is 21.4 Å². The van der Waals surface area contributed by atoms with Crippen molar-refractivity contribution in [3.63, 3.8) is 0 Å². The van der Waals surface area contributed by atoms with Gasteiger partial charge in [0.1, 0.15) is 0 Å². The van der Waals surface area contributed by atoms with Crippen LogP contribution in [-0.2, 0) is 0 Å². The van der Waals surface area contributed by atoms with E-state index in [-0.39, 0.29) is 0 Å². The van der Waals surface area contributed by atoms with Crippen molar-refractivity contribution >= 4 is 63.1 Å². The minimum Gasteiger partial charge on any atom is -0.0623 e. The predicted octanol–water partition coefficient (Wildman–Crippen LogP) is 5.74. The van der Waals surface area contributed by atoms with E-state index in [2.05, 4.69) is 21.7 Å². The van der Waals surface area contributed by atoms with Crippen LogP contribution in [0.3, 0.4) is 0 Å². The number of hydrogen-bond donors (Lipinski definition) is 0. The molecule has 70 valence electrons. The molecule has 1 aromatic carbocycles. The molecule has 0 saturated heterocycles. The van der Waals surface area contributed by atoms with Gasteiger partial charge in [-0.1, -0.05) is 36.4 Å². The highest BCUT2D eigenvalue weighted by molar-refractivity contribution is 8.92. The fraction of sp³-hybridized carbons (Fsp3) is 0. The van der Waals surface area contributed by atoms with E-state index in [1.54, 1.807) is 0 Å². The van der Waals surface area contributed by atoms with E-state index in [4.69, 9.17) is 21.4 Å². The van der Waals surface area contributed by atoms with Gasteiger partial charge in [0.15, 0.2) is 0 Å². The zero-order valence-corrected chi connectivity index (χ0v) is 10.4. The summed E-state index contributed by atoms with van der Waals surface area (Å²) in [6, 6.07) is 12.0. The molecule has 0 N–H and O–H groups in total. The van der Waals surface area contributed by atoms with Crippen molar-refractivity contribution in [1.29, 1.82) is 0 Å². The number of halogens is 4. The van der Waals surface area contributed by atoms with Crippen LogP contribution in [0.4, 0.5) is 0 Å². The summed E-state index contributed by atoms with van der Waals surface area (Å²) in [4.78, 5) is 0. The van der Waals surface area contributed by atoms with E-state index in [0.717, 1.165) is 20.0 Å². The molecule has 12 heavy (non-hydrogen) atoms. The first kappa shape index (κ1) is 15.5. The Labute approximate surface area is 98.9 Å². The van der Waals surface area contributed by atoms with Gasteiger partial charge in [0.05, 0.1) is 0 Å². The van der Waals surface area contributed by atoms with Crippen LogP contribution >= 0.6 is 63.1 Å². The van der Waals surface area contributed by atoms with Crippen LogP contribution in [0.2, 0.25) is 0 Å². The Morgan fingerprint density at radius 1 is 0.583 bits per heavy atom. The number of benzene rings is 1. The summed E-state index contributed by atoms with van der Waals surface area (Å²) in [5.74, 6) is 0. The summed E-state index contributed by atoms with van der Waals surface area (Å²) in [5.41, 5.74) is 0. The SMILES string of the molecule is ClCl.ClSSCl.c1ccccc1. The van der Waals surface area contributed by atoms with Crippen molar-refractivity contribution in [3.05, 3.63) is 36.4 Å². The van der Waals surface area contributed by atoms with Crippen molar-refractivity contribution in [3.8, 4) is 0 Å². The van der Waals surface area contributed by atoms with Crippen molar-refractivity contribution < 1.29 is 0 Å². The van der Waals surface area contributed by atoms with Crippen LogP contribution < -0.4 is 0 Å².